The van der Waals surface area contributed by atoms with Crippen molar-refractivity contribution in [1.29, 1.82) is 0 Å². The van der Waals surface area contributed by atoms with Crippen LogP contribution in [-0.4, -0.2) is 38.1 Å². The molecule has 2 rings (SSSR count). The SMILES string of the molecule is COc1ccc(CCCO)cc1OC1CCCOC1. The van der Waals surface area contributed by atoms with E-state index in [-0.39, 0.29) is 12.7 Å². The summed E-state index contributed by atoms with van der Waals surface area (Å²) in [5.74, 6) is 1.52. The summed E-state index contributed by atoms with van der Waals surface area (Å²) in [7, 11) is 1.65. The van der Waals surface area contributed by atoms with Crippen molar-refractivity contribution in [1.82, 2.24) is 0 Å². The van der Waals surface area contributed by atoms with E-state index in [0.717, 1.165) is 49.4 Å². The fraction of sp³-hybridized carbons (Fsp3) is 0.600. The van der Waals surface area contributed by atoms with Crippen molar-refractivity contribution in [3.05, 3.63) is 23.8 Å². The van der Waals surface area contributed by atoms with Gasteiger partial charge >= 0.3 is 0 Å². The molecule has 1 unspecified atom stereocenters. The minimum absolute atomic E-state index is 0.107. The zero-order valence-electron chi connectivity index (χ0n) is 11.4. The van der Waals surface area contributed by atoms with Gasteiger partial charge in [0.2, 0.25) is 0 Å². The van der Waals surface area contributed by atoms with Crippen LogP contribution in [0.15, 0.2) is 18.2 Å². The standard InChI is InChI=1S/C15H22O4/c1-17-14-7-6-12(4-2-8-16)10-15(14)19-13-5-3-9-18-11-13/h6-7,10,13,16H,2-5,8-9,11H2,1H3. The van der Waals surface area contributed by atoms with Crippen LogP contribution >= 0.6 is 0 Å². The molecule has 0 amide bonds. The minimum Gasteiger partial charge on any atom is -0.493 e. The van der Waals surface area contributed by atoms with Crippen molar-refractivity contribution in [3.63, 3.8) is 0 Å². The number of aliphatic hydroxyl groups is 1. The van der Waals surface area contributed by atoms with Crippen LogP contribution in [0.1, 0.15) is 24.8 Å². The van der Waals surface area contributed by atoms with Gasteiger partial charge in [-0.3, -0.25) is 0 Å². The molecule has 1 aliphatic heterocycles. The lowest BCUT2D eigenvalue weighted by Crippen LogP contribution is -2.28. The van der Waals surface area contributed by atoms with Gasteiger partial charge in [0.05, 0.1) is 13.7 Å². The van der Waals surface area contributed by atoms with Gasteiger partial charge in [0.15, 0.2) is 11.5 Å². The van der Waals surface area contributed by atoms with Crippen LogP contribution in [0.3, 0.4) is 0 Å². The summed E-state index contributed by atoms with van der Waals surface area (Å²) in [5, 5.41) is 8.89. The predicted molar refractivity (Wildman–Crippen MR) is 72.9 cm³/mol. The molecule has 1 fully saturated rings. The number of hydrogen-bond donors (Lipinski definition) is 1. The Morgan fingerprint density at radius 2 is 2.26 bits per heavy atom. The molecule has 0 spiro atoms. The number of rotatable bonds is 6. The molecule has 1 aromatic rings. The van der Waals surface area contributed by atoms with E-state index < -0.39 is 0 Å². The highest BCUT2D eigenvalue weighted by Crippen LogP contribution is 2.30. The van der Waals surface area contributed by atoms with E-state index in [4.69, 9.17) is 19.3 Å². The molecule has 1 atom stereocenters. The third kappa shape index (κ3) is 4.11. The van der Waals surface area contributed by atoms with Crippen LogP contribution in [-0.2, 0) is 11.2 Å². The Kier molecular flexibility index (Phi) is 5.48. The molecular formula is C15H22O4. The lowest BCUT2D eigenvalue weighted by Gasteiger charge is -2.24. The first kappa shape index (κ1) is 14.2. The van der Waals surface area contributed by atoms with E-state index in [0.29, 0.717) is 6.61 Å². The lowest BCUT2D eigenvalue weighted by atomic mass is 10.1. The molecule has 0 radical (unpaired) electrons. The number of methoxy groups -OCH3 is 1. The van der Waals surface area contributed by atoms with Gasteiger partial charge < -0.3 is 19.3 Å². The maximum atomic E-state index is 8.89. The largest absolute Gasteiger partial charge is 0.493 e. The Bertz CT molecular complexity index is 386. The van der Waals surface area contributed by atoms with Crippen LogP contribution in [0, 0.1) is 0 Å². The topological polar surface area (TPSA) is 47.9 Å². The van der Waals surface area contributed by atoms with Crippen LogP contribution in [0.5, 0.6) is 11.5 Å². The van der Waals surface area contributed by atoms with Crippen molar-refractivity contribution in [3.8, 4) is 11.5 Å². The average Bonchev–Trinajstić information content (AvgIpc) is 2.46. The monoisotopic (exact) mass is 266 g/mol. The summed E-state index contributed by atoms with van der Waals surface area (Å²) in [4.78, 5) is 0. The average molecular weight is 266 g/mol. The van der Waals surface area contributed by atoms with Crippen LogP contribution in [0.2, 0.25) is 0 Å². The molecule has 4 nitrogen and oxygen atoms in total. The number of benzene rings is 1. The highest BCUT2D eigenvalue weighted by atomic mass is 16.5. The Balaban J connectivity index is 2.06. The van der Waals surface area contributed by atoms with Gasteiger partial charge in [-0.2, -0.15) is 0 Å². The first-order valence-electron chi connectivity index (χ1n) is 6.85. The Morgan fingerprint density at radius 3 is 2.95 bits per heavy atom. The molecular weight excluding hydrogens is 244 g/mol. The first-order chi connectivity index (χ1) is 9.33. The summed E-state index contributed by atoms with van der Waals surface area (Å²) in [5.41, 5.74) is 1.15. The third-order valence-corrected chi connectivity index (χ3v) is 3.26. The second-order valence-corrected chi connectivity index (χ2v) is 4.77. The molecule has 0 saturated carbocycles. The molecule has 0 aliphatic carbocycles. The molecule has 1 aliphatic rings. The van der Waals surface area contributed by atoms with E-state index in [1.54, 1.807) is 7.11 Å². The molecule has 1 aromatic carbocycles. The van der Waals surface area contributed by atoms with Crippen LogP contribution in [0.25, 0.3) is 0 Å². The minimum atomic E-state index is 0.107. The molecule has 1 heterocycles. The normalized spacial score (nSPS) is 19.2. The Morgan fingerprint density at radius 1 is 1.37 bits per heavy atom. The second kappa shape index (κ2) is 7.36. The fourth-order valence-electron chi connectivity index (χ4n) is 2.24. The van der Waals surface area contributed by atoms with Gasteiger partial charge in [-0.05, 0) is 43.4 Å². The molecule has 4 heteroatoms. The van der Waals surface area contributed by atoms with Crippen molar-refractivity contribution >= 4 is 0 Å². The van der Waals surface area contributed by atoms with Gasteiger partial charge in [-0.25, -0.2) is 0 Å². The van der Waals surface area contributed by atoms with E-state index >= 15 is 0 Å². The summed E-state index contributed by atoms with van der Waals surface area (Å²) in [6.45, 7) is 1.68. The molecule has 106 valence electrons. The number of aliphatic hydroxyl groups excluding tert-OH is 1. The smallest absolute Gasteiger partial charge is 0.161 e. The molecule has 1 saturated heterocycles. The molecule has 1 N–H and O–H groups in total. The van der Waals surface area contributed by atoms with E-state index in [9.17, 15) is 0 Å². The summed E-state index contributed by atoms with van der Waals surface area (Å²) >= 11 is 0. The summed E-state index contributed by atoms with van der Waals surface area (Å²) < 4.78 is 16.7. The highest BCUT2D eigenvalue weighted by Gasteiger charge is 2.17. The van der Waals surface area contributed by atoms with Gasteiger partial charge in [-0.1, -0.05) is 6.07 Å². The predicted octanol–water partition coefficient (Wildman–Crippen LogP) is 2.18. The summed E-state index contributed by atoms with van der Waals surface area (Å²) in [6, 6.07) is 5.94. The number of hydrogen-bond acceptors (Lipinski definition) is 4. The fourth-order valence-corrected chi connectivity index (χ4v) is 2.24. The maximum Gasteiger partial charge on any atom is 0.161 e. The number of aryl methyl sites for hydroxylation is 1. The van der Waals surface area contributed by atoms with Gasteiger partial charge in [0, 0.05) is 13.2 Å². The van der Waals surface area contributed by atoms with Gasteiger partial charge in [0.1, 0.15) is 6.10 Å². The van der Waals surface area contributed by atoms with Crippen molar-refractivity contribution in [2.24, 2.45) is 0 Å². The lowest BCUT2D eigenvalue weighted by molar-refractivity contribution is 0.00641. The van der Waals surface area contributed by atoms with Crippen molar-refractivity contribution < 1.29 is 19.3 Å². The molecule has 0 bridgehead atoms. The quantitative estimate of drug-likeness (QED) is 0.857. The van der Waals surface area contributed by atoms with Gasteiger partial charge in [0.25, 0.3) is 0 Å². The van der Waals surface area contributed by atoms with Gasteiger partial charge in [-0.15, -0.1) is 0 Å². The zero-order chi connectivity index (χ0) is 13.5. The molecule has 0 aromatic heterocycles. The maximum absolute atomic E-state index is 8.89. The number of ether oxygens (including phenoxy) is 3. The Hall–Kier alpha value is -1.26. The highest BCUT2D eigenvalue weighted by molar-refractivity contribution is 5.43. The van der Waals surface area contributed by atoms with E-state index in [1.165, 1.54) is 0 Å². The summed E-state index contributed by atoms with van der Waals surface area (Å²) in [6.07, 6.45) is 3.77. The Labute approximate surface area is 114 Å². The van der Waals surface area contributed by atoms with Crippen LogP contribution in [0.4, 0.5) is 0 Å². The van der Waals surface area contributed by atoms with E-state index in [1.807, 2.05) is 18.2 Å². The van der Waals surface area contributed by atoms with E-state index in [2.05, 4.69) is 0 Å². The van der Waals surface area contributed by atoms with Crippen LogP contribution < -0.4 is 9.47 Å². The van der Waals surface area contributed by atoms with Crippen molar-refractivity contribution in [2.75, 3.05) is 26.9 Å². The van der Waals surface area contributed by atoms with Crippen molar-refractivity contribution in [2.45, 2.75) is 31.8 Å². The zero-order valence-corrected chi connectivity index (χ0v) is 11.4. The second-order valence-electron chi connectivity index (χ2n) is 4.77. The molecule has 19 heavy (non-hydrogen) atoms. The third-order valence-electron chi connectivity index (χ3n) is 3.26. The first-order valence-corrected chi connectivity index (χ1v) is 6.85.